The van der Waals surface area contributed by atoms with Gasteiger partial charge in [0.1, 0.15) is 0 Å². The van der Waals surface area contributed by atoms with Gasteiger partial charge >= 0.3 is 5.97 Å². The topological polar surface area (TPSA) is 39.2 Å². The van der Waals surface area contributed by atoms with Crippen molar-refractivity contribution in [3.63, 3.8) is 0 Å². The summed E-state index contributed by atoms with van der Waals surface area (Å²) in [6, 6.07) is 3.67. The summed E-state index contributed by atoms with van der Waals surface area (Å²) in [4.78, 5) is 14.9. The van der Waals surface area contributed by atoms with E-state index in [-0.39, 0.29) is 5.97 Å². The molecule has 0 aliphatic heterocycles. The number of pyridine rings is 1. The molecule has 0 saturated carbocycles. The van der Waals surface area contributed by atoms with E-state index in [1.54, 1.807) is 24.0 Å². The van der Waals surface area contributed by atoms with E-state index in [1.165, 1.54) is 7.11 Å². The quantitative estimate of drug-likeness (QED) is 0.454. The standard InChI is InChI=1S/C10H12ClNO2S/c1-14-10(13)3-2-6-15-9-5-4-8(11)7-12-9/h4-5,7H,2-3,6H2,1H3. The highest BCUT2D eigenvalue weighted by Crippen LogP contribution is 2.18. The van der Waals surface area contributed by atoms with Gasteiger partial charge in [-0.2, -0.15) is 0 Å². The lowest BCUT2D eigenvalue weighted by molar-refractivity contribution is -0.140. The van der Waals surface area contributed by atoms with E-state index >= 15 is 0 Å². The largest absolute Gasteiger partial charge is 0.469 e. The molecule has 82 valence electrons. The zero-order valence-corrected chi connectivity index (χ0v) is 9.98. The Hall–Kier alpha value is -0.740. The number of thioether (sulfide) groups is 1. The molecule has 0 amide bonds. The number of carbonyl (C=O) groups is 1. The van der Waals surface area contributed by atoms with Gasteiger partial charge < -0.3 is 4.74 Å². The fraction of sp³-hybridized carbons (Fsp3) is 0.400. The van der Waals surface area contributed by atoms with Crippen LogP contribution in [0.25, 0.3) is 0 Å². The molecule has 1 aromatic heterocycles. The van der Waals surface area contributed by atoms with E-state index in [9.17, 15) is 4.79 Å². The molecule has 0 aliphatic rings. The lowest BCUT2D eigenvalue weighted by Crippen LogP contribution is -2.00. The molecule has 1 rings (SSSR count). The molecular formula is C10H12ClNO2S. The summed E-state index contributed by atoms with van der Waals surface area (Å²) in [5.74, 6) is 0.684. The average Bonchev–Trinajstić information content (AvgIpc) is 2.26. The number of carbonyl (C=O) groups excluding carboxylic acids is 1. The molecule has 0 fully saturated rings. The number of hydrogen-bond acceptors (Lipinski definition) is 4. The van der Waals surface area contributed by atoms with Gasteiger partial charge in [0, 0.05) is 18.4 Å². The maximum Gasteiger partial charge on any atom is 0.305 e. The zero-order chi connectivity index (χ0) is 11.1. The molecule has 0 N–H and O–H groups in total. The third-order valence-electron chi connectivity index (χ3n) is 1.70. The monoisotopic (exact) mass is 245 g/mol. The maximum absolute atomic E-state index is 10.8. The Morgan fingerprint density at radius 3 is 3.00 bits per heavy atom. The van der Waals surface area contributed by atoms with Crippen LogP contribution >= 0.6 is 23.4 Å². The summed E-state index contributed by atoms with van der Waals surface area (Å²) in [7, 11) is 1.40. The normalized spacial score (nSPS) is 10.0. The van der Waals surface area contributed by atoms with Gasteiger partial charge in [-0.15, -0.1) is 11.8 Å². The van der Waals surface area contributed by atoms with E-state index in [1.807, 2.05) is 6.07 Å². The molecule has 0 bridgehead atoms. The first-order valence-corrected chi connectivity index (χ1v) is 5.90. The van der Waals surface area contributed by atoms with Gasteiger partial charge in [-0.1, -0.05) is 11.6 Å². The van der Waals surface area contributed by atoms with Gasteiger partial charge in [0.05, 0.1) is 17.2 Å². The molecule has 1 heterocycles. The second-order valence-corrected chi connectivity index (χ2v) is 4.39. The summed E-state index contributed by atoms with van der Waals surface area (Å²) in [6.45, 7) is 0. The highest BCUT2D eigenvalue weighted by molar-refractivity contribution is 7.99. The molecule has 0 aliphatic carbocycles. The van der Waals surface area contributed by atoms with Gasteiger partial charge in [-0.3, -0.25) is 4.79 Å². The van der Waals surface area contributed by atoms with Crippen molar-refractivity contribution in [2.75, 3.05) is 12.9 Å². The summed E-state index contributed by atoms with van der Waals surface area (Å²) >= 11 is 7.30. The number of hydrogen-bond donors (Lipinski definition) is 0. The zero-order valence-electron chi connectivity index (χ0n) is 8.40. The van der Waals surface area contributed by atoms with Crippen molar-refractivity contribution in [1.29, 1.82) is 0 Å². The summed E-state index contributed by atoms with van der Waals surface area (Å²) in [5, 5.41) is 1.55. The second-order valence-electron chi connectivity index (χ2n) is 2.84. The molecule has 0 unspecified atom stereocenters. The molecule has 0 aromatic carbocycles. The minimum atomic E-state index is -0.167. The molecule has 0 atom stereocenters. The van der Waals surface area contributed by atoms with Crippen LogP contribution in [0.2, 0.25) is 5.02 Å². The van der Waals surface area contributed by atoms with Gasteiger partial charge in [-0.05, 0) is 18.6 Å². The highest BCUT2D eigenvalue weighted by Gasteiger charge is 2.00. The van der Waals surface area contributed by atoms with Crippen molar-refractivity contribution in [3.05, 3.63) is 23.4 Å². The maximum atomic E-state index is 10.8. The third-order valence-corrected chi connectivity index (χ3v) is 2.96. The van der Waals surface area contributed by atoms with E-state index in [2.05, 4.69) is 9.72 Å². The van der Waals surface area contributed by atoms with Gasteiger partial charge in [0.2, 0.25) is 0 Å². The molecule has 0 saturated heterocycles. The molecule has 0 spiro atoms. The minimum absolute atomic E-state index is 0.167. The Morgan fingerprint density at radius 2 is 2.40 bits per heavy atom. The molecule has 3 nitrogen and oxygen atoms in total. The number of ether oxygens (including phenoxy) is 1. The van der Waals surface area contributed by atoms with Crippen molar-refractivity contribution < 1.29 is 9.53 Å². The van der Waals surface area contributed by atoms with Crippen molar-refractivity contribution in [3.8, 4) is 0 Å². The van der Waals surface area contributed by atoms with Crippen LogP contribution in [0.5, 0.6) is 0 Å². The number of methoxy groups -OCH3 is 1. The Bertz CT molecular complexity index is 316. The van der Waals surface area contributed by atoms with Gasteiger partial charge in [-0.25, -0.2) is 4.98 Å². The SMILES string of the molecule is COC(=O)CCCSc1ccc(Cl)cn1. The van der Waals surface area contributed by atoms with Crippen LogP contribution in [0, 0.1) is 0 Å². The van der Waals surface area contributed by atoms with Crippen LogP contribution in [0.3, 0.4) is 0 Å². The minimum Gasteiger partial charge on any atom is -0.469 e. The smallest absolute Gasteiger partial charge is 0.305 e. The predicted octanol–water partition coefficient (Wildman–Crippen LogP) is 2.78. The second kappa shape index (κ2) is 6.69. The predicted molar refractivity (Wildman–Crippen MR) is 61.2 cm³/mol. The van der Waals surface area contributed by atoms with E-state index in [0.29, 0.717) is 11.4 Å². The van der Waals surface area contributed by atoms with E-state index in [0.717, 1.165) is 17.2 Å². The number of esters is 1. The van der Waals surface area contributed by atoms with Crippen LogP contribution < -0.4 is 0 Å². The average molecular weight is 246 g/mol. The van der Waals surface area contributed by atoms with E-state index in [4.69, 9.17) is 11.6 Å². The summed E-state index contributed by atoms with van der Waals surface area (Å²) in [6.07, 6.45) is 2.86. The van der Waals surface area contributed by atoms with Crippen LogP contribution in [0.15, 0.2) is 23.4 Å². The number of nitrogens with zero attached hydrogens (tertiary/aromatic N) is 1. The first-order valence-electron chi connectivity index (χ1n) is 4.53. The Kier molecular flexibility index (Phi) is 5.50. The Morgan fingerprint density at radius 1 is 1.60 bits per heavy atom. The fourth-order valence-corrected chi connectivity index (χ4v) is 1.84. The molecule has 0 radical (unpaired) electrons. The fourth-order valence-electron chi connectivity index (χ4n) is 0.943. The lowest BCUT2D eigenvalue weighted by Gasteiger charge is -2.00. The number of rotatable bonds is 5. The number of aromatic nitrogens is 1. The van der Waals surface area contributed by atoms with Crippen molar-refractivity contribution >= 4 is 29.3 Å². The highest BCUT2D eigenvalue weighted by atomic mass is 35.5. The van der Waals surface area contributed by atoms with Crippen LogP contribution in [0.1, 0.15) is 12.8 Å². The lowest BCUT2D eigenvalue weighted by atomic mass is 10.3. The molecule has 5 heteroatoms. The summed E-state index contributed by atoms with van der Waals surface area (Å²) < 4.78 is 4.54. The van der Waals surface area contributed by atoms with Gasteiger partial charge in [0.25, 0.3) is 0 Å². The summed E-state index contributed by atoms with van der Waals surface area (Å²) in [5.41, 5.74) is 0. The Balaban J connectivity index is 2.20. The van der Waals surface area contributed by atoms with Crippen molar-refractivity contribution in [2.45, 2.75) is 17.9 Å². The van der Waals surface area contributed by atoms with E-state index < -0.39 is 0 Å². The first kappa shape index (κ1) is 12.3. The molecule has 15 heavy (non-hydrogen) atoms. The third kappa shape index (κ3) is 5.04. The van der Waals surface area contributed by atoms with Crippen molar-refractivity contribution in [2.24, 2.45) is 0 Å². The first-order chi connectivity index (χ1) is 7.22. The molecule has 1 aromatic rings. The van der Waals surface area contributed by atoms with Crippen LogP contribution in [-0.2, 0) is 9.53 Å². The molecular weight excluding hydrogens is 234 g/mol. The van der Waals surface area contributed by atoms with Crippen LogP contribution in [0.4, 0.5) is 0 Å². The van der Waals surface area contributed by atoms with Crippen molar-refractivity contribution in [1.82, 2.24) is 4.98 Å². The van der Waals surface area contributed by atoms with Crippen LogP contribution in [-0.4, -0.2) is 23.8 Å². The van der Waals surface area contributed by atoms with Gasteiger partial charge in [0.15, 0.2) is 0 Å². The number of halogens is 1. The Labute approximate surface area is 98.2 Å².